The number of hydrogen-bond acceptors (Lipinski definition) is 3. The molecule has 5 heteroatoms. The number of piperidine rings is 1. The highest BCUT2D eigenvalue weighted by Crippen LogP contribution is 2.31. The van der Waals surface area contributed by atoms with Crippen molar-refractivity contribution in [2.45, 2.75) is 19.8 Å². The molecule has 1 fully saturated rings. The summed E-state index contributed by atoms with van der Waals surface area (Å²) in [4.78, 5) is 0. The molecule has 2 N–H and O–H groups in total. The number of nitriles is 1. The molecule has 19 heavy (non-hydrogen) atoms. The highest BCUT2D eigenvalue weighted by molar-refractivity contribution is 9.10. The molecule has 0 aliphatic carbocycles. The highest BCUT2D eigenvalue weighted by atomic mass is 79.9. The minimum Gasteiger partial charge on any atom is -0.382 e. The van der Waals surface area contributed by atoms with E-state index in [1.807, 2.05) is 6.07 Å². The molecule has 1 saturated heterocycles. The van der Waals surface area contributed by atoms with Gasteiger partial charge in [0.2, 0.25) is 0 Å². The molecule has 0 saturated carbocycles. The predicted molar refractivity (Wildman–Crippen MR) is 77.5 cm³/mol. The molecule has 0 amide bonds. The molecule has 102 valence electrons. The van der Waals surface area contributed by atoms with Crippen LogP contribution >= 0.6 is 15.9 Å². The fourth-order valence-corrected chi connectivity index (χ4v) is 2.72. The van der Waals surface area contributed by atoms with Gasteiger partial charge in [-0.2, -0.15) is 5.26 Å². The molecule has 3 nitrogen and oxygen atoms in total. The lowest BCUT2D eigenvalue weighted by atomic mass is 9.81. The molecular weight excluding hydrogens is 309 g/mol. The minimum atomic E-state index is -0.392. The van der Waals surface area contributed by atoms with Crippen LogP contribution in [0.25, 0.3) is 0 Å². The first-order chi connectivity index (χ1) is 9.06. The second-order valence-corrected chi connectivity index (χ2v) is 6.11. The first kappa shape index (κ1) is 14.3. The van der Waals surface area contributed by atoms with E-state index in [9.17, 15) is 4.39 Å². The lowest BCUT2D eigenvalue weighted by molar-refractivity contribution is 0.247. The first-order valence-electron chi connectivity index (χ1n) is 6.38. The number of rotatable bonds is 3. The Labute approximate surface area is 121 Å². The molecule has 1 aliphatic rings. The summed E-state index contributed by atoms with van der Waals surface area (Å²) in [5, 5.41) is 15.3. The quantitative estimate of drug-likeness (QED) is 0.896. The second kappa shape index (κ2) is 5.89. The van der Waals surface area contributed by atoms with Crippen LogP contribution < -0.4 is 10.6 Å². The zero-order valence-corrected chi connectivity index (χ0v) is 12.5. The lowest BCUT2D eigenvalue weighted by Gasteiger charge is -2.34. The molecule has 2 rings (SSSR count). The van der Waals surface area contributed by atoms with Crippen molar-refractivity contribution in [3.8, 4) is 6.07 Å². The van der Waals surface area contributed by atoms with Crippen LogP contribution in [0.4, 0.5) is 10.1 Å². The number of nitrogens with one attached hydrogen (secondary N) is 2. The molecule has 0 unspecified atom stereocenters. The van der Waals surface area contributed by atoms with Crippen LogP contribution in [0, 0.1) is 22.6 Å². The van der Waals surface area contributed by atoms with Crippen molar-refractivity contribution in [1.29, 1.82) is 5.26 Å². The molecule has 1 aliphatic heterocycles. The van der Waals surface area contributed by atoms with E-state index in [1.54, 1.807) is 12.1 Å². The van der Waals surface area contributed by atoms with Crippen LogP contribution in [-0.4, -0.2) is 19.6 Å². The van der Waals surface area contributed by atoms with Crippen LogP contribution in [0.3, 0.4) is 0 Å². The SMILES string of the molecule is CC1(CNc2ccc(C#N)c(Br)c2F)CCNCC1. The van der Waals surface area contributed by atoms with Crippen molar-refractivity contribution < 1.29 is 4.39 Å². The molecule has 1 aromatic carbocycles. The third-order valence-corrected chi connectivity index (χ3v) is 4.49. The van der Waals surface area contributed by atoms with Gasteiger partial charge in [-0.05, 0) is 59.4 Å². The van der Waals surface area contributed by atoms with Crippen molar-refractivity contribution in [2.75, 3.05) is 25.0 Å². The molecular formula is C14H17BrFN3. The molecule has 0 radical (unpaired) electrons. The fourth-order valence-electron chi connectivity index (χ4n) is 2.29. The van der Waals surface area contributed by atoms with Gasteiger partial charge in [-0.25, -0.2) is 4.39 Å². The Kier molecular flexibility index (Phi) is 4.43. The molecule has 0 aromatic heterocycles. The Hall–Kier alpha value is -1.12. The molecule has 0 spiro atoms. The normalized spacial score (nSPS) is 17.8. The van der Waals surface area contributed by atoms with E-state index in [-0.39, 0.29) is 9.89 Å². The summed E-state index contributed by atoms with van der Waals surface area (Å²) < 4.78 is 14.3. The van der Waals surface area contributed by atoms with E-state index in [2.05, 4.69) is 33.5 Å². The predicted octanol–water partition coefficient (Wildman–Crippen LogP) is 3.26. The van der Waals surface area contributed by atoms with E-state index in [4.69, 9.17) is 5.26 Å². The standard InChI is InChI=1S/C14H17BrFN3/c1-14(4-6-18-7-5-14)9-19-11-3-2-10(8-17)12(15)13(11)16/h2-3,18-19H,4-7,9H2,1H3. The van der Waals surface area contributed by atoms with Gasteiger partial charge in [0, 0.05) is 6.54 Å². The molecule has 0 atom stereocenters. The maximum absolute atomic E-state index is 14.1. The topological polar surface area (TPSA) is 47.9 Å². The van der Waals surface area contributed by atoms with Crippen LogP contribution in [-0.2, 0) is 0 Å². The van der Waals surface area contributed by atoms with Gasteiger partial charge in [0.25, 0.3) is 0 Å². The van der Waals surface area contributed by atoms with Crippen molar-refractivity contribution >= 4 is 21.6 Å². The third kappa shape index (κ3) is 3.26. The summed E-state index contributed by atoms with van der Waals surface area (Å²) in [7, 11) is 0. The molecule has 1 heterocycles. The third-order valence-electron chi connectivity index (χ3n) is 3.72. The summed E-state index contributed by atoms with van der Waals surface area (Å²) in [6.07, 6.45) is 2.16. The lowest BCUT2D eigenvalue weighted by Crippen LogP contribution is -2.39. The van der Waals surface area contributed by atoms with Crippen LogP contribution in [0.15, 0.2) is 16.6 Å². The summed E-state index contributed by atoms with van der Waals surface area (Å²) in [6, 6.07) is 5.21. The first-order valence-corrected chi connectivity index (χ1v) is 7.18. The molecule has 0 bridgehead atoms. The summed E-state index contributed by atoms with van der Waals surface area (Å²) in [5.41, 5.74) is 0.958. The smallest absolute Gasteiger partial charge is 0.161 e. The van der Waals surface area contributed by atoms with Gasteiger partial charge in [-0.15, -0.1) is 0 Å². The number of halogens is 2. The van der Waals surface area contributed by atoms with Gasteiger partial charge in [0.05, 0.1) is 15.7 Å². The van der Waals surface area contributed by atoms with Crippen LogP contribution in [0.2, 0.25) is 0 Å². The van der Waals surface area contributed by atoms with E-state index in [0.29, 0.717) is 11.3 Å². The zero-order chi connectivity index (χ0) is 13.9. The van der Waals surface area contributed by atoms with Gasteiger partial charge < -0.3 is 10.6 Å². The Bertz CT molecular complexity index is 504. The summed E-state index contributed by atoms with van der Waals surface area (Å²) >= 11 is 3.12. The maximum atomic E-state index is 14.1. The monoisotopic (exact) mass is 325 g/mol. The number of nitrogens with zero attached hydrogens (tertiary/aromatic N) is 1. The van der Waals surface area contributed by atoms with Gasteiger partial charge in [-0.3, -0.25) is 0 Å². The summed E-state index contributed by atoms with van der Waals surface area (Å²) in [5.74, 6) is -0.392. The Morgan fingerprint density at radius 3 is 2.79 bits per heavy atom. The van der Waals surface area contributed by atoms with Crippen LogP contribution in [0.1, 0.15) is 25.3 Å². The van der Waals surface area contributed by atoms with Gasteiger partial charge in [0.15, 0.2) is 5.82 Å². The minimum absolute atomic E-state index is 0.193. The number of hydrogen-bond donors (Lipinski definition) is 2. The zero-order valence-electron chi connectivity index (χ0n) is 10.9. The van der Waals surface area contributed by atoms with Gasteiger partial charge in [0.1, 0.15) is 6.07 Å². The number of benzene rings is 1. The average molecular weight is 326 g/mol. The van der Waals surface area contributed by atoms with Crippen LogP contribution in [0.5, 0.6) is 0 Å². The number of anilines is 1. The van der Waals surface area contributed by atoms with Crippen molar-refractivity contribution in [3.05, 3.63) is 28.0 Å². The van der Waals surface area contributed by atoms with E-state index < -0.39 is 5.82 Å². The summed E-state index contributed by atoms with van der Waals surface area (Å²) in [6.45, 7) is 4.98. The maximum Gasteiger partial charge on any atom is 0.161 e. The van der Waals surface area contributed by atoms with E-state index in [0.717, 1.165) is 32.5 Å². The van der Waals surface area contributed by atoms with Gasteiger partial charge in [-0.1, -0.05) is 6.92 Å². The molecule has 1 aromatic rings. The highest BCUT2D eigenvalue weighted by Gasteiger charge is 2.26. The van der Waals surface area contributed by atoms with Crippen molar-refractivity contribution in [2.24, 2.45) is 5.41 Å². The average Bonchev–Trinajstić information content (AvgIpc) is 2.41. The second-order valence-electron chi connectivity index (χ2n) is 5.31. The fraction of sp³-hybridized carbons (Fsp3) is 0.500. The van der Waals surface area contributed by atoms with E-state index in [1.165, 1.54) is 0 Å². The Morgan fingerprint density at radius 1 is 1.47 bits per heavy atom. The van der Waals surface area contributed by atoms with Crippen molar-refractivity contribution in [1.82, 2.24) is 5.32 Å². The van der Waals surface area contributed by atoms with Gasteiger partial charge >= 0.3 is 0 Å². The Balaban J connectivity index is 2.08. The Morgan fingerprint density at radius 2 is 2.16 bits per heavy atom. The largest absolute Gasteiger partial charge is 0.382 e. The van der Waals surface area contributed by atoms with Crippen molar-refractivity contribution in [3.63, 3.8) is 0 Å². The van der Waals surface area contributed by atoms with E-state index >= 15 is 0 Å².